The highest BCUT2D eigenvalue weighted by atomic mass is 32.2. The lowest BCUT2D eigenvalue weighted by atomic mass is 10.3. The number of nitro groups is 1. The van der Waals surface area contributed by atoms with E-state index in [4.69, 9.17) is 10.4 Å². The fourth-order valence-corrected chi connectivity index (χ4v) is 1.63. The smallest absolute Gasteiger partial charge is 0.282 e. The molecule has 15 heavy (non-hydrogen) atoms. The highest BCUT2D eigenvalue weighted by molar-refractivity contribution is 7.86. The van der Waals surface area contributed by atoms with Crippen LogP contribution in [0, 0.1) is 10.1 Å². The van der Waals surface area contributed by atoms with Crippen molar-refractivity contribution in [3.63, 3.8) is 0 Å². The summed E-state index contributed by atoms with van der Waals surface area (Å²) < 4.78 is 30.4. The van der Waals surface area contributed by atoms with Gasteiger partial charge >= 0.3 is 0 Å². The number of nitrogens with two attached hydrogens (primary N) is 1. The Hall–Kier alpha value is -1.71. The lowest BCUT2D eigenvalue weighted by Gasteiger charge is -2.09. The number of nitrogens with zero attached hydrogens (tertiary/aromatic N) is 2. The van der Waals surface area contributed by atoms with E-state index < -0.39 is 25.7 Å². The SMILES string of the molecule is NN(c1ccccc1S(=O)(=O)O)[N+](=O)[O-]. The lowest BCUT2D eigenvalue weighted by Crippen LogP contribution is -2.37. The van der Waals surface area contributed by atoms with Crippen molar-refractivity contribution in [2.24, 2.45) is 5.84 Å². The molecule has 9 heteroatoms. The Balaban J connectivity index is 3.37. The number of rotatable bonds is 3. The van der Waals surface area contributed by atoms with E-state index in [0.717, 1.165) is 12.1 Å². The van der Waals surface area contributed by atoms with Crippen molar-refractivity contribution in [3.8, 4) is 0 Å². The molecule has 0 saturated heterocycles. The standard InChI is InChI=1S/C6H7N3O5S/c7-8(9(10)11)5-3-1-2-4-6(5)15(12,13)14/h1-4H,7H2,(H,12,13,14). The van der Waals surface area contributed by atoms with E-state index >= 15 is 0 Å². The van der Waals surface area contributed by atoms with Crippen LogP contribution in [0.3, 0.4) is 0 Å². The summed E-state index contributed by atoms with van der Waals surface area (Å²) in [6.07, 6.45) is 0. The third kappa shape index (κ3) is 2.40. The molecule has 0 unspecified atom stereocenters. The summed E-state index contributed by atoms with van der Waals surface area (Å²) in [6.45, 7) is 0. The molecule has 8 nitrogen and oxygen atoms in total. The maximum atomic E-state index is 10.8. The van der Waals surface area contributed by atoms with Crippen LogP contribution in [0.2, 0.25) is 0 Å². The monoisotopic (exact) mass is 233 g/mol. The molecule has 1 rings (SSSR count). The summed E-state index contributed by atoms with van der Waals surface area (Å²) in [7, 11) is -4.54. The van der Waals surface area contributed by atoms with Crippen LogP contribution in [0.1, 0.15) is 0 Å². The summed E-state index contributed by atoms with van der Waals surface area (Å²) in [5.41, 5.74) is -0.412. The first-order valence-corrected chi connectivity index (χ1v) is 5.03. The predicted octanol–water partition coefficient (Wildman–Crippen LogP) is -0.195. The normalized spacial score (nSPS) is 11.1. The second-order valence-corrected chi connectivity index (χ2v) is 3.92. The Morgan fingerprint density at radius 3 is 2.40 bits per heavy atom. The fraction of sp³-hybridized carbons (Fsp3) is 0. The average molecular weight is 233 g/mol. The van der Waals surface area contributed by atoms with Crippen molar-refractivity contribution in [1.29, 1.82) is 0 Å². The second kappa shape index (κ2) is 3.81. The third-order valence-electron chi connectivity index (χ3n) is 1.57. The van der Waals surface area contributed by atoms with E-state index in [1.165, 1.54) is 12.1 Å². The van der Waals surface area contributed by atoms with Crippen molar-refractivity contribution in [3.05, 3.63) is 34.4 Å². The van der Waals surface area contributed by atoms with E-state index in [1.807, 2.05) is 0 Å². The molecular weight excluding hydrogens is 226 g/mol. The molecule has 0 heterocycles. The first-order valence-electron chi connectivity index (χ1n) is 3.59. The minimum atomic E-state index is -4.54. The Morgan fingerprint density at radius 2 is 1.93 bits per heavy atom. The van der Waals surface area contributed by atoms with Crippen LogP contribution in [-0.4, -0.2) is 18.0 Å². The quantitative estimate of drug-likeness (QED) is 0.320. The summed E-state index contributed by atoms with van der Waals surface area (Å²) in [4.78, 5) is 9.69. The molecule has 1 aromatic rings. The van der Waals surface area contributed by atoms with E-state index in [2.05, 4.69) is 0 Å². The number of benzene rings is 1. The lowest BCUT2D eigenvalue weighted by molar-refractivity contribution is -0.496. The Labute approximate surface area is 84.8 Å². The zero-order chi connectivity index (χ0) is 11.6. The summed E-state index contributed by atoms with van der Waals surface area (Å²) >= 11 is 0. The van der Waals surface area contributed by atoms with Gasteiger partial charge in [0, 0.05) is 0 Å². The molecule has 0 fully saturated rings. The van der Waals surface area contributed by atoms with Crippen molar-refractivity contribution >= 4 is 15.8 Å². The molecule has 0 aliphatic heterocycles. The molecule has 0 aliphatic carbocycles. The molecule has 0 amide bonds. The Kier molecular flexibility index (Phi) is 2.88. The Morgan fingerprint density at radius 1 is 1.40 bits per heavy atom. The van der Waals surface area contributed by atoms with E-state index in [0.29, 0.717) is 0 Å². The highest BCUT2D eigenvalue weighted by Gasteiger charge is 2.23. The molecular formula is C6H7N3O5S. The minimum absolute atomic E-state index is 0.0170. The van der Waals surface area contributed by atoms with Gasteiger partial charge in [0.25, 0.3) is 10.1 Å². The van der Waals surface area contributed by atoms with Gasteiger partial charge in [-0.3, -0.25) is 4.55 Å². The summed E-state index contributed by atoms with van der Waals surface area (Å²) in [6, 6.07) is 4.77. The van der Waals surface area contributed by atoms with Crippen LogP contribution in [0.25, 0.3) is 0 Å². The molecule has 0 aromatic heterocycles. The van der Waals surface area contributed by atoms with Gasteiger partial charge in [0.1, 0.15) is 10.6 Å². The maximum absolute atomic E-state index is 10.8. The van der Waals surface area contributed by atoms with Crippen molar-refractivity contribution in [2.45, 2.75) is 4.90 Å². The van der Waals surface area contributed by atoms with Gasteiger partial charge in [-0.25, -0.2) is 10.1 Å². The van der Waals surface area contributed by atoms with Gasteiger partial charge < -0.3 is 0 Å². The first-order chi connectivity index (χ1) is 6.84. The Bertz CT molecular complexity index is 485. The molecule has 3 N–H and O–H groups in total. The van der Waals surface area contributed by atoms with E-state index in [9.17, 15) is 18.5 Å². The number of anilines is 1. The van der Waals surface area contributed by atoms with Crippen molar-refractivity contribution < 1.29 is 18.0 Å². The van der Waals surface area contributed by atoms with Crippen molar-refractivity contribution in [2.75, 3.05) is 5.12 Å². The first kappa shape index (κ1) is 11.4. The van der Waals surface area contributed by atoms with Gasteiger partial charge in [0.05, 0.1) is 0 Å². The molecule has 82 valence electrons. The number of hydrogen-bond acceptors (Lipinski definition) is 5. The minimum Gasteiger partial charge on any atom is -0.282 e. The topological polar surface area (TPSA) is 127 Å². The number of hydrazine groups is 2. The molecule has 0 radical (unpaired) electrons. The van der Waals surface area contributed by atoms with Gasteiger partial charge in [0.2, 0.25) is 0 Å². The van der Waals surface area contributed by atoms with Crippen LogP contribution < -0.4 is 11.0 Å². The number of hydrogen-bond donors (Lipinski definition) is 2. The zero-order valence-corrected chi connectivity index (χ0v) is 8.09. The third-order valence-corrected chi connectivity index (χ3v) is 2.47. The largest absolute Gasteiger partial charge is 0.296 e. The van der Waals surface area contributed by atoms with Crippen LogP contribution in [-0.2, 0) is 10.1 Å². The number of para-hydroxylation sites is 1. The molecule has 0 atom stereocenters. The molecule has 0 saturated carbocycles. The van der Waals surface area contributed by atoms with Crippen LogP contribution in [0.5, 0.6) is 0 Å². The fourth-order valence-electron chi connectivity index (χ4n) is 0.953. The molecule has 0 spiro atoms. The zero-order valence-electron chi connectivity index (χ0n) is 7.27. The molecule has 0 bridgehead atoms. The highest BCUT2D eigenvalue weighted by Crippen LogP contribution is 2.22. The second-order valence-electron chi connectivity index (χ2n) is 2.53. The summed E-state index contributed by atoms with van der Waals surface area (Å²) in [5.74, 6) is 4.99. The average Bonchev–Trinajstić information content (AvgIpc) is 2.15. The van der Waals surface area contributed by atoms with Gasteiger partial charge in [-0.1, -0.05) is 12.1 Å². The van der Waals surface area contributed by atoms with Gasteiger partial charge in [0.15, 0.2) is 5.03 Å². The maximum Gasteiger partial charge on any atom is 0.296 e. The van der Waals surface area contributed by atoms with Gasteiger partial charge in [-0.05, 0) is 17.3 Å². The van der Waals surface area contributed by atoms with Crippen LogP contribution in [0.4, 0.5) is 5.69 Å². The molecule has 1 aromatic carbocycles. The van der Waals surface area contributed by atoms with Crippen molar-refractivity contribution in [1.82, 2.24) is 0 Å². The van der Waals surface area contributed by atoms with Gasteiger partial charge in [-0.15, -0.1) is 0 Å². The van der Waals surface area contributed by atoms with Crippen LogP contribution >= 0.6 is 0 Å². The van der Waals surface area contributed by atoms with E-state index in [-0.39, 0.29) is 5.12 Å². The van der Waals surface area contributed by atoms with Crippen LogP contribution in [0.15, 0.2) is 29.2 Å². The van der Waals surface area contributed by atoms with E-state index in [1.54, 1.807) is 0 Å². The predicted molar refractivity (Wildman–Crippen MR) is 49.9 cm³/mol. The summed E-state index contributed by atoms with van der Waals surface area (Å²) in [5, 5.41) is 9.32. The molecule has 0 aliphatic rings. The van der Waals surface area contributed by atoms with Gasteiger partial charge in [-0.2, -0.15) is 14.3 Å².